The van der Waals surface area contributed by atoms with Gasteiger partial charge in [-0.15, -0.1) is 0 Å². The van der Waals surface area contributed by atoms with Crippen molar-refractivity contribution in [1.82, 2.24) is 15.1 Å². The fourth-order valence-electron chi connectivity index (χ4n) is 3.53. The van der Waals surface area contributed by atoms with Crippen LogP contribution in [0.15, 0.2) is 42.5 Å². The van der Waals surface area contributed by atoms with Crippen molar-refractivity contribution in [3.8, 4) is 0 Å². The number of rotatable bonds is 6. The van der Waals surface area contributed by atoms with Crippen LogP contribution in [-0.2, 0) is 11.3 Å². The lowest BCUT2D eigenvalue weighted by Crippen LogP contribution is -2.51. The number of benzene rings is 2. The lowest BCUT2D eigenvalue weighted by Gasteiger charge is -2.34. The molecular formula is C23H29ClN4O2. The zero-order valence-corrected chi connectivity index (χ0v) is 18.3. The molecule has 160 valence electrons. The molecule has 1 aliphatic rings. The van der Waals surface area contributed by atoms with Crippen LogP contribution in [0.5, 0.6) is 0 Å². The van der Waals surface area contributed by atoms with Crippen LogP contribution in [0.25, 0.3) is 0 Å². The van der Waals surface area contributed by atoms with Gasteiger partial charge in [0.1, 0.15) is 0 Å². The van der Waals surface area contributed by atoms with Crippen molar-refractivity contribution >= 4 is 29.2 Å². The number of carbonyl (C=O) groups excluding carboxylic acids is 2. The van der Waals surface area contributed by atoms with E-state index in [1.54, 1.807) is 12.1 Å². The molecule has 2 aromatic rings. The number of urea groups is 1. The van der Waals surface area contributed by atoms with Crippen LogP contribution in [0.2, 0.25) is 5.02 Å². The second-order valence-corrected chi connectivity index (χ2v) is 8.10. The highest BCUT2D eigenvalue weighted by atomic mass is 35.5. The summed E-state index contributed by atoms with van der Waals surface area (Å²) in [4.78, 5) is 28.7. The second kappa shape index (κ2) is 10.5. The molecule has 0 saturated carbocycles. The Kier molecular flexibility index (Phi) is 7.71. The van der Waals surface area contributed by atoms with Gasteiger partial charge in [0.2, 0.25) is 5.91 Å². The molecule has 2 N–H and O–H groups in total. The summed E-state index contributed by atoms with van der Waals surface area (Å²) >= 11 is 6.07. The summed E-state index contributed by atoms with van der Waals surface area (Å²) in [5.74, 6) is -0.149. The Morgan fingerprint density at radius 2 is 1.77 bits per heavy atom. The Labute approximate surface area is 183 Å². The molecule has 0 aromatic heterocycles. The molecule has 6 nitrogen and oxygen atoms in total. The Morgan fingerprint density at radius 1 is 1.03 bits per heavy atom. The van der Waals surface area contributed by atoms with Crippen LogP contribution in [0, 0.1) is 13.8 Å². The maximum absolute atomic E-state index is 12.4. The number of halogens is 1. The van der Waals surface area contributed by atoms with Crippen molar-refractivity contribution < 1.29 is 9.59 Å². The molecule has 0 radical (unpaired) electrons. The summed E-state index contributed by atoms with van der Waals surface area (Å²) in [6, 6.07) is 13.8. The Morgan fingerprint density at radius 3 is 2.50 bits per heavy atom. The van der Waals surface area contributed by atoms with Crippen molar-refractivity contribution in [3.63, 3.8) is 0 Å². The van der Waals surface area contributed by atoms with Gasteiger partial charge in [0, 0.05) is 56.4 Å². The smallest absolute Gasteiger partial charge is 0.317 e. The Balaban J connectivity index is 1.36. The number of carbonyl (C=O) groups is 2. The van der Waals surface area contributed by atoms with Crippen molar-refractivity contribution in [1.29, 1.82) is 0 Å². The average molecular weight is 429 g/mol. The quantitative estimate of drug-likeness (QED) is 0.735. The number of aryl methyl sites for hydroxylation is 1. The molecule has 3 rings (SSSR count). The molecule has 2 aromatic carbocycles. The number of nitrogens with one attached hydrogen (secondary N) is 2. The maximum atomic E-state index is 12.4. The molecule has 30 heavy (non-hydrogen) atoms. The van der Waals surface area contributed by atoms with E-state index in [-0.39, 0.29) is 18.4 Å². The fourth-order valence-corrected chi connectivity index (χ4v) is 3.70. The Hall–Kier alpha value is -2.57. The average Bonchev–Trinajstić information content (AvgIpc) is 2.72. The van der Waals surface area contributed by atoms with Crippen LogP contribution >= 0.6 is 11.6 Å². The van der Waals surface area contributed by atoms with Crippen LogP contribution in [0.4, 0.5) is 10.5 Å². The minimum atomic E-state index is -0.149. The lowest BCUT2D eigenvalue weighted by atomic mass is 10.1. The van der Waals surface area contributed by atoms with Crippen LogP contribution in [-0.4, -0.2) is 54.5 Å². The topological polar surface area (TPSA) is 64.7 Å². The van der Waals surface area contributed by atoms with Gasteiger partial charge in [-0.1, -0.05) is 47.5 Å². The van der Waals surface area contributed by atoms with E-state index in [1.165, 1.54) is 11.1 Å². The number of hydrogen-bond acceptors (Lipinski definition) is 3. The molecule has 3 amide bonds. The number of amides is 3. The van der Waals surface area contributed by atoms with Gasteiger partial charge in [0.15, 0.2) is 0 Å². The summed E-state index contributed by atoms with van der Waals surface area (Å²) < 4.78 is 0. The summed E-state index contributed by atoms with van der Waals surface area (Å²) in [6.07, 6.45) is 0.213. The highest BCUT2D eigenvalue weighted by Crippen LogP contribution is 2.22. The third kappa shape index (κ3) is 6.21. The predicted molar refractivity (Wildman–Crippen MR) is 121 cm³/mol. The van der Waals surface area contributed by atoms with Gasteiger partial charge in [0.05, 0.1) is 0 Å². The number of nitrogens with zero attached hydrogens (tertiary/aromatic N) is 2. The molecule has 0 aliphatic carbocycles. The van der Waals surface area contributed by atoms with E-state index >= 15 is 0 Å². The first kappa shape index (κ1) is 22.1. The first-order valence-electron chi connectivity index (χ1n) is 10.3. The molecule has 0 spiro atoms. The van der Waals surface area contributed by atoms with Crippen molar-refractivity contribution in [2.75, 3.05) is 38.0 Å². The second-order valence-electron chi connectivity index (χ2n) is 7.69. The van der Waals surface area contributed by atoms with E-state index < -0.39 is 0 Å². The maximum Gasteiger partial charge on any atom is 0.317 e. The van der Waals surface area contributed by atoms with Gasteiger partial charge >= 0.3 is 6.03 Å². The van der Waals surface area contributed by atoms with Gasteiger partial charge < -0.3 is 15.5 Å². The predicted octanol–water partition coefficient (Wildman–Crippen LogP) is 3.81. The molecule has 7 heteroatoms. The summed E-state index contributed by atoms with van der Waals surface area (Å²) in [6.45, 7) is 8.22. The largest absolute Gasteiger partial charge is 0.337 e. The molecule has 1 saturated heterocycles. The van der Waals surface area contributed by atoms with Gasteiger partial charge in [-0.2, -0.15) is 0 Å². The summed E-state index contributed by atoms with van der Waals surface area (Å²) in [5.41, 5.74) is 4.09. The van der Waals surface area contributed by atoms with Crippen LogP contribution in [0.3, 0.4) is 0 Å². The third-order valence-corrected chi connectivity index (χ3v) is 5.73. The minimum absolute atomic E-state index is 0.114. The van der Waals surface area contributed by atoms with E-state index in [0.29, 0.717) is 30.3 Å². The minimum Gasteiger partial charge on any atom is -0.337 e. The van der Waals surface area contributed by atoms with Crippen LogP contribution in [0.1, 0.15) is 23.1 Å². The fraction of sp³-hybridized carbons (Fsp3) is 0.391. The first-order chi connectivity index (χ1) is 14.4. The molecule has 0 bridgehead atoms. The molecule has 1 aliphatic heterocycles. The van der Waals surface area contributed by atoms with Crippen molar-refractivity contribution in [2.24, 2.45) is 0 Å². The Bertz CT molecular complexity index is 895. The number of piperazine rings is 1. The van der Waals surface area contributed by atoms with E-state index in [0.717, 1.165) is 25.2 Å². The van der Waals surface area contributed by atoms with Gasteiger partial charge in [0.25, 0.3) is 0 Å². The zero-order chi connectivity index (χ0) is 21.5. The van der Waals surface area contributed by atoms with Crippen molar-refractivity contribution in [3.05, 3.63) is 64.2 Å². The van der Waals surface area contributed by atoms with E-state index in [4.69, 9.17) is 11.6 Å². The number of anilines is 1. The highest BCUT2D eigenvalue weighted by Gasteiger charge is 2.21. The molecule has 0 unspecified atom stereocenters. The molecule has 0 atom stereocenters. The third-order valence-electron chi connectivity index (χ3n) is 5.32. The normalized spacial score (nSPS) is 14.4. The summed E-state index contributed by atoms with van der Waals surface area (Å²) in [7, 11) is 0. The van der Waals surface area contributed by atoms with Gasteiger partial charge in [-0.3, -0.25) is 9.69 Å². The molecular weight excluding hydrogens is 400 g/mol. The van der Waals surface area contributed by atoms with E-state index in [2.05, 4.69) is 46.7 Å². The molecule has 1 heterocycles. The van der Waals surface area contributed by atoms with Crippen LogP contribution < -0.4 is 10.6 Å². The zero-order valence-electron chi connectivity index (χ0n) is 17.6. The standard InChI is InChI=1S/C23H29ClN4O2/c1-17-5-3-6-19(15-17)16-27-11-13-28(14-12-27)23(30)25-10-9-22(29)26-21-8-4-7-20(24)18(21)2/h3-8,15H,9-14,16H2,1-2H3,(H,25,30)(H,26,29). The highest BCUT2D eigenvalue weighted by molar-refractivity contribution is 6.31. The van der Waals surface area contributed by atoms with Gasteiger partial charge in [-0.25, -0.2) is 4.79 Å². The number of hydrogen-bond donors (Lipinski definition) is 2. The lowest BCUT2D eigenvalue weighted by molar-refractivity contribution is -0.116. The monoisotopic (exact) mass is 428 g/mol. The van der Waals surface area contributed by atoms with E-state index in [1.807, 2.05) is 17.9 Å². The SMILES string of the molecule is Cc1cccc(CN2CCN(C(=O)NCCC(=O)Nc3cccc(Cl)c3C)CC2)c1. The van der Waals surface area contributed by atoms with E-state index in [9.17, 15) is 9.59 Å². The van der Waals surface area contributed by atoms with Crippen molar-refractivity contribution in [2.45, 2.75) is 26.8 Å². The summed E-state index contributed by atoms with van der Waals surface area (Å²) in [5, 5.41) is 6.30. The molecule has 1 fully saturated rings. The first-order valence-corrected chi connectivity index (χ1v) is 10.7. The van der Waals surface area contributed by atoms with Gasteiger partial charge in [-0.05, 0) is 37.1 Å².